The molecule has 0 N–H and O–H groups in total. The Morgan fingerprint density at radius 1 is 1.21 bits per heavy atom. The van der Waals surface area contributed by atoms with E-state index in [1.54, 1.807) is 19.2 Å². The van der Waals surface area contributed by atoms with Gasteiger partial charge in [0.1, 0.15) is 5.78 Å². The van der Waals surface area contributed by atoms with Crippen LogP contribution in [0.15, 0.2) is 24.3 Å². The SMILES string of the molecule is COC(=O)c1ccc(C2C[C@@H](OC)CCC2=O)cc1. The second-order valence-electron chi connectivity index (χ2n) is 4.76. The van der Waals surface area contributed by atoms with Gasteiger partial charge in [-0.25, -0.2) is 4.79 Å². The zero-order valence-electron chi connectivity index (χ0n) is 11.2. The van der Waals surface area contributed by atoms with Crippen molar-refractivity contribution in [2.45, 2.75) is 31.3 Å². The maximum absolute atomic E-state index is 12.0. The molecule has 0 saturated heterocycles. The fraction of sp³-hybridized carbons (Fsp3) is 0.467. The first-order chi connectivity index (χ1) is 9.15. The molecule has 1 aliphatic carbocycles. The molecule has 19 heavy (non-hydrogen) atoms. The van der Waals surface area contributed by atoms with Gasteiger partial charge < -0.3 is 9.47 Å². The second kappa shape index (κ2) is 5.97. The molecule has 4 nitrogen and oxygen atoms in total. The Hall–Kier alpha value is -1.68. The molecular formula is C15H18O4. The topological polar surface area (TPSA) is 52.6 Å². The van der Waals surface area contributed by atoms with Gasteiger partial charge in [-0.2, -0.15) is 0 Å². The summed E-state index contributed by atoms with van der Waals surface area (Å²) in [6, 6.07) is 7.05. The molecule has 0 aliphatic heterocycles. The molecule has 1 unspecified atom stereocenters. The fourth-order valence-electron chi connectivity index (χ4n) is 2.50. The van der Waals surface area contributed by atoms with Crippen LogP contribution in [0.25, 0.3) is 0 Å². The Morgan fingerprint density at radius 2 is 1.89 bits per heavy atom. The molecule has 1 fully saturated rings. The average molecular weight is 262 g/mol. The molecule has 1 aliphatic rings. The van der Waals surface area contributed by atoms with Crippen LogP contribution in [0.4, 0.5) is 0 Å². The second-order valence-corrected chi connectivity index (χ2v) is 4.76. The van der Waals surface area contributed by atoms with Gasteiger partial charge in [-0.1, -0.05) is 12.1 Å². The highest BCUT2D eigenvalue weighted by Gasteiger charge is 2.29. The van der Waals surface area contributed by atoms with E-state index in [0.29, 0.717) is 18.4 Å². The van der Waals surface area contributed by atoms with Gasteiger partial charge in [0.2, 0.25) is 0 Å². The third kappa shape index (κ3) is 3.01. The van der Waals surface area contributed by atoms with Gasteiger partial charge >= 0.3 is 5.97 Å². The number of benzene rings is 1. The number of methoxy groups -OCH3 is 2. The van der Waals surface area contributed by atoms with E-state index in [4.69, 9.17) is 4.74 Å². The van der Waals surface area contributed by atoms with Gasteiger partial charge in [0.25, 0.3) is 0 Å². The number of hydrogen-bond acceptors (Lipinski definition) is 4. The van der Waals surface area contributed by atoms with Crippen LogP contribution < -0.4 is 0 Å². The lowest BCUT2D eigenvalue weighted by atomic mass is 9.81. The van der Waals surface area contributed by atoms with Crippen molar-refractivity contribution in [3.63, 3.8) is 0 Å². The van der Waals surface area contributed by atoms with Crippen molar-refractivity contribution in [2.24, 2.45) is 0 Å². The third-order valence-electron chi connectivity index (χ3n) is 3.67. The average Bonchev–Trinajstić information content (AvgIpc) is 2.47. The fourth-order valence-corrected chi connectivity index (χ4v) is 2.50. The number of ketones is 1. The van der Waals surface area contributed by atoms with Crippen molar-refractivity contribution in [1.29, 1.82) is 0 Å². The van der Waals surface area contributed by atoms with E-state index in [1.165, 1.54) is 7.11 Å². The molecule has 0 spiro atoms. The predicted molar refractivity (Wildman–Crippen MR) is 70.2 cm³/mol. The molecule has 0 bridgehead atoms. The predicted octanol–water partition coefficient (Wildman–Crippen LogP) is 2.32. The minimum absolute atomic E-state index is 0.120. The maximum Gasteiger partial charge on any atom is 0.337 e. The van der Waals surface area contributed by atoms with Crippen LogP contribution in [-0.4, -0.2) is 32.1 Å². The quantitative estimate of drug-likeness (QED) is 0.784. The van der Waals surface area contributed by atoms with Gasteiger partial charge in [0.15, 0.2) is 0 Å². The maximum atomic E-state index is 12.0. The standard InChI is InChI=1S/C15H18O4/c1-18-12-7-8-14(16)13(9-12)10-3-5-11(6-4-10)15(17)19-2/h3-6,12-13H,7-9H2,1-2H3/t12-,13?/m0/s1. The lowest BCUT2D eigenvalue weighted by molar-refractivity contribution is -0.124. The number of Topliss-reactive ketones (excluding diaryl/α,β-unsaturated/α-hetero) is 1. The molecule has 2 rings (SSSR count). The minimum atomic E-state index is -0.365. The summed E-state index contributed by atoms with van der Waals surface area (Å²) in [5.41, 5.74) is 1.44. The van der Waals surface area contributed by atoms with E-state index < -0.39 is 0 Å². The van der Waals surface area contributed by atoms with E-state index in [-0.39, 0.29) is 23.8 Å². The van der Waals surface area contributed by atoms with Crippen LogP contribution in [-0.2, 0) is 14.3 Å². The number of hydrogen-bond donors (Lipinski definition) is 0. The first-order valence-electron chi connectivity index (χ1n) is 6.39. The van der Waals surface area contributed by atoms with E-state index in [0.717, 1.165) is 12.0 Å². The Morgan fingerprint density at radius 3 is 2.47 bits per heavy atom. The Bertz CT molecular complexity index is 464. The van der Waals surface area contributed by atoms with Crippen LogP contribution in [0.1, 0.15) is 41.1 Å². The van der Waals surface area contributed by atoms with E-state index in [1.807, 2.05) is 12.1 Å². The summed E-state index contributed by atoms with van der Waals surface area (Å²) in [6.45, 7) is 0. The summed E-state index contributed by atoms with van der Waals surface area (Å²) in [7, 11) is 3.03. The van der Waals surface area contributed by atoms with Gasteiger partial charge in [0.05, 0.1) is 18.8 Å². The highest BCUT2D eigenvalue weighted by molar-refractivity contribution is 5.90. The number of esters is 1. The van der Waals surface area contributed by atoms with Gasteiger partial charge in [0, 0.05) is 19.4 Å². The van der Waals surface area contributed by atoms with Crippen LogP contribution in [0.5, 0.6) is 0 Å². The number of ether oxygens (including phenoxy) is 2. The zero-order valence-corrected chi connectivity index (χ0v) is 11.2. The monoisotopic (exact) mass is 262 g/mol. The van der Waals surface area contributed by atoms with Crippen LogP contribution in [0.3, 0.4) is 0 Å². The Labute approximate surface area is 112 Å². The normalized spacial score (nSPS) is 23.2. The molecule has 4 heteroatoms. The van der Waals surface area contributed by atoms with Crippen molar-refractivity contribution in [1.82, 2.24) is 0 Å². The first kappa shape index (κ1) is 13.7. The molecule has 2 atom stereocenters. The smallest absolute Gasteiger partial charge is 0.337 e. The van der Waals surface area contributed by atoms with E-state index in [2.05, 4.69) is 4.74 Å². The molecule has 102 valence electrons. The molecular weight excluding hydrogens is 244 g/mol. The van der Waals surface area contributed by atoms with Gasteiger partial charge in [-0.3, -0.25) is 4.79 Å². The van der Waals surface area contributed by atoms with Gasteiger partial charge in [-0.15, -0.1) is 0 Å². The van der Waals surface area contributed by atoms with Crippen molar-refractivity contribution in [3.05, 3.63) is 35.4 Å². The van der Waals surface area contributed by atoms with E-state index >= 15 is 0 Å². The van der Waals surface area contributed by atoms with Crippen LogP contribution in [0, 0.1) is 0 Å². The molecule has 1 saturated carbocycles. The largest absolute Gasteiger partial charge is 0.465 e. The molecule has 1 aromatic rings. The zero-order chi connectivity index (χ0) is 13.8. The molecule has 0 amide bonds. The summed E-state index contributed by atoms with van der Waals surface area (Å²) in [4.78, 5) is 23.3. The lowest BCUT2D eigenvalue weighted by Crippen LogP contribution is -2.27. The number of rotatable bonds is 3. The highest BCUT2D eigenvalue weighted by atomic mass is 16.5. The van der Waals surface area contributed by atoms with Crippen LogP contribution >= 0.6 is 0 Å². The van der Waals surface area contributed by atoms with Crippen molar-refractivity contribution < 1.29 is 19.1 Å². The van der Waals surface area contributed by atoms with Gasteiger partial charge in [-0.05, 0) is 30.5 Å². The van der Waals surface area contributed by atoms with E-state index in [9.17, 15) is 9.59 Å². The van der Waals surface area contributed by atoms with Crippen molar-refractivity contribution in [3.8, 4) is 0 Å². The first-order valence-corrected chi connectivity index (χ1v) is 6.39. The highest BCUT2D eigenvalue weighted by Crippen LogP contribution is 2.31. The molecule has 0 aromatic heterocycles. The summed E-state index contributed by atoms with van der Waals surface area (Å²) < 4.78 is 10.00. The molecule has 0 radical (unpaired) electrons. The van der Waals surface area contributed by atoms with Crippen LogP contribution in [0.2, 0.25) is 0 Å². The minimum Gasteiger partial charge on any atom is -0.465 e. The van der Waals surface area contributed by atoms with Crippen molar-refractivity contribution in [2.75, 3.05) is 14.2 Å². The molecule has 0 heterocycles. The summed E-state index contributed by atoms with van der Waals surface area (Å²) in [5, 5.41) is 0. The summed E-state index contributed by atoms with van der Waals surface area (Å²) in [5.74, 6) is -0.235. The Balaban J connectivity index is 2.16. The number of carbonyl (C=O) groups is 2. The van der Waals surface area contributed by atoms with Crippen molar-refractivity contribution >= 4 is 11.8 Å². The third-order valence-corrected chi connectivity index (χ3v) is 3.67. The molecule has 1 aromatic carbocycles. The summed E-state index contributed by atoms with van der Waals surface area (Å²) in [6.07, 6.45) is 2.21. The Kier molecular flexibility index (Phi) is 4.32. The lowest BCUT2D eigenvalue weighted by Gasteiger charge is -2.27. The summed E-state index contributed by atoms with van der Waals surface area (Å²) >= 11 is 0. The number of carbonyl (C=O) groups excluding carboxylic acids is 2.